The molecule has 0 amide bonds. The van der Waals surface area contributed by atoms with Gasteiger partial charge in [-0.1, -0.05) is 42.3 Å². The average Bonchev–Trinajstić information content (AvgIpc) is 3.69. The normalized spacial score (nSPS) is 17.2. The van der Waals surface area contributed by atoms with Crippen LogP contribution in [0, 0.1) is 5.82 Å². The van der Waals surface area contributed by atoms with Crippen LogP contribution in [0.25, 0.3) is 39.0 Å². The Morgan fingerprint density at radius 3 is 2.73 bits per heavy atom. The summed E-state index contributed by atoms with van der Waals surface area (Å²) in [7, 11) is 0. The van der Waals surface area contributed by atoms with Crippen molar-refractivity contribution >= 4 is 39.6 Å². The highest BCUT2D eigenvalue weighted by molar-refractivity contribution is 6.31. The summed E-state index contributed by atoms with van der Waals surface area (Å²) < 4.78 is 16.7. The number of piperidine rings is 1. The number of nitrogens with two attached hydrogens (primary N) is 1. The highest BCUT2D eigenvalue weighted by Crippen LogP contribution is 2.32. The molecule has 6 N–H and O–H groups in total. The smallest absolute Gasteiger partial charge is 0.354 e. The van der Waals surface area contributed by atoms with E-state index in [1.807, 2.05) is 49.4 Å². The van der Waals surface area contributed by atoms with Crippen LogP contribution in [0.4, 0.5) is 10.3 Å². The van der Waals surface area contributed by atoms with E-state index in [4.69, 9.17) is 17.3 Å². The fourth-order valence-corrected chi connectivity index (χ4v) is 6.96. The monoisotopic (exact) mass is 666 g/mol. The summed E-state index contributed by atoms with van der Waals surface area (Å²) in [6, 6.07) is 22.1. The van der Waals surface area contributed by atoms with Gasteiger partial charge in [0.15, 0.2) is 5.82 Å². The zero-order chi connectivity index (χ0) is 33.2. The van der Waals surface area contributed by atoms with Crippen molar-refractivity contribution in [1.29, 1.82) is 0 Å². The number of hydrogen-bond acceptors (Lipinski definition) is 6. The van der Waals surface area contributed by atoms with Gasteiger partial charge >= 0.3 is 5.69 Å². The van der Waals surface area contributed by atoms with Gasteiger partial charge in [0.05, 0.1) is 27.4 Å². The first-order chi connectivity index (χ1) is 23.3. The number of aromatic nitrogens is 5. The van der Waals surface area contributed by atoms with E-state index in [9.17, 15) is 4.79 Å². The van der Waals surface area contributed by atoms with E-state index < -0.39 is 11.5 Å². The average molecular weight is 667 g/mol. The number of aryl methyl sites for hydroxylation is 1. The lowest BCUT2D eigenvalue weighted by Gasteiger charge is -2.31. The molecule has 9 nitrogen and oxygen atoms in total. The van der Waals surface area contributed by atoms with Gasteiger partial charge in [0, 0.05) is 41.8 Å². The third-order valence-corrected chi connectivity index (χ3v) is 9.52. The van der Waals surface area contributed by atoms with E-state index in [0.29, 0.717) is 34.0 Å². The number of imidazole rings is 1. The highest BCUT2D eigenvalue weighted by atomic mass is 35.5. The summed E-state index contributed by atoms with van der Waals surface area (Å²) in [4.78, 5) is 28.5. The van der Waals surface area contributed by atoms with Gasteiger partial charge in [0.2, 0.25) is 5.95 Å². The lowest BCUT2D eigenvalue weighted by atomic mass is 9.92. The number of halogens is 2. The molecule has 4 heterocycles. The molecule has 1 fully saturated rings. The summed E-state index contributed by atoms with van der Waals surface area (Å²) in [5.74, 6) is 0.290. The number of rotatable bonds is 11. The maximum Gasteiger partial charge on any atom is 0.354 e. The van der Waals surface area contributed by atoms with Crippen LogP contribution in [0.15, 0.2) is 77.7 Å². The Labute approximate surface area is 283 Å². The van der Waals surface area contributed by atoms with Crippen molar-refractivity contribution in [3.05, 3.63) is 105 Å². The molecule has 3 aromatic carbocycles. The molecule has 3 aromatic heterocycles. The molecule has 6 aromatic rings. The lowest BCUT2D eigenvalue weighted by Crippen LogP contribution is -2.38. The summed E-state index contributed by atoms with van der Waals surface area (Å²) in [5, 5.41) is 8.01. The summed E-state index contributed by atoms with van der Waals surface area (Å²) in [6.45, 7) is 2.79. The quantitative estimate of drug-likeness (QED) is 0.0980. The number of anilines is 1. The van der Waals surface area contributed by atoms with E-state index >= 15 is 4.39 Å². The van der Waals surface area contributed by atoms with Crippen molar-refractivity contribution in [3.8, 4) is 16.9 Å². The van der Waals surface area contributed by atoms with Crippen LogP contribution in [-0.4, -0.2) is 43.1 Å². The number of para-hydroxylation sites is 2. The first-order valence-corrected chi connectivity index (χ1v) is 17.1. The molecule has 3 atom stereocenters. The van der Waals surface area contributed by atoms with Crippen molar-refractivity contribution in [2.24, 2.45) is 5.73 Å². The predicted molar refractivity (Wildman–Crippen MR) is 191 cm³/mol. The van der Waals surface area contributed by atoms with E-state index in [2.05, 4.69) is 42.7 Å². The van der Waals surface area contributed by atoms with Gasteiger partial charge in [-0.3, -0.25) is 4.57 Å². The number of nitrogens with zero attached hydrogens (tertiary/aromatic N) is 3. The number of H-pyrrole nitrogens is 2. The van der Waals surface area contributed by atoms with Gasteiger partial charge in [-0.25, -0.2) is 14.2 Å². The fraction of sp³-hybridized carbons (Fsp3) is 0.324. The van der Waals surface area contributed by atoms with Crippen LogP contribution < -0.4 is 22.1 Å². The molecule has 48 heavy (non-hydrogen) atoms. The highest BCUT2D eigenvalue weighted by Gasteiger charge is 2.22. The molecule has 248 valence electrons. The van der Waals surface area contributed by atoms with Gasteiger partial charge in [0.1, 0.15) is 5.65 Å². The molecule has 0 bridgehead atoms. The molecule has 11 heteroatoms. The Balaban J connectivity index is 1.03. The minimum atomic E-state index is -0.508. The predicted octanol–water partition coefficient (Wildman–Crippen LogP) is 7.40. The Bertz CT molecular complexity index is 2070. The Hall–Kier alpha value is -4.51. The van der Waals surface area contributed by atoms with Gasteiger partial charge in [-0.15, -0.1) is 0 Å². The Morgan fingerprint density at radius 2 is 1.92 bits per heavy atom. The van der Waals surface area contributed by atoms with Crippen molar-refractivity contribution in [2.75, 3.05) is 11.9 Å². The minimum Gasteiger partial charge on any atom is -0.356 e. The van der Waals surface area contributed by atoms with Crippen LogP contribution >= 0.6 is 11.6 Å². The Kier molecular flexibility index (Phi) is 9.30. The van der Waals surface area contributed by atoms with E-state index in [1.54, 1.807) is 18.3 Å². The van der Waals surface area contributed by atoms with E-state index in [0.717, 1.165) is 74.0 Å². The number of fused-ring (bicyclic) bond motifs is 2. The zero-order valence-corrected chi connectivity index (χ0v) is 27.7. The van der Waals surface area contributed by atoms with Crippen molar-refractivity contribution < 1.29 is 4.39 Å². The van der Waals surface area contributed by atoms with Crippen LogP contribution in [0.3, 0.4) is 0 Å². The van der Waals surface area contributed by atoms with Crippen LogP contribution in [0.2, 0.25) is 5.02 Å². The van der Waals surface area contributed by atoms with Crippen molar-refractivity contribution in [2.45, 2.75) is 70.0 Å². The second-order valence-corrected chi connectivity index (χ2v) is 13.4. The second kappa shape index (κ2) is 13.9. The summed E-state index contributed by atoms with van der Waals surface area (Å²) in [5.41, 5.74) is 11.6. The molecule has 0 saturated carbocycles. The first-order valence-electron chi connectivity index (χ1n) is 16.7. The standard InChI is InChI=1S/C37H40ClFN8O/c1-22(40)6-4-7-23-18-28(34(39)29(38)19-23)33-20-25-21-47(37(48)46-35(25)43-33)27-14-12-24(13-15-27)30-11-5-8-26(42-30)16-17-41-36-44-31-9-2-3-10-32(31)45-36/h2-3,9-10,12-15,18-22,26,30,42H,4-8,11,16-17,40H2,1H3,(H2,41,44,45)(H,43,46,48)/t22-,26+,30+/m0/s1. The SMILES string of the molecule is C[C@H](N)CCCc1cc(Cl)c(F)c(-c2cc3cn(-c4ccc([C@H]5CCC[C@H](CCNc6nc7ccccc7[nH]6)N5)cc4)c(=O)nc3[nH]2)c1. The van der Waals surface area contributed by atoms with E-state index in [1.165, 1.54) is 10.1 Å². The van der Waals surface area contributed by atoms with Crippen LogP contribution in [-0.2, 0) is 6.42 Å². The molecule has 0 radical (unpaired) electrons. The van der Waals surface area contributed by atoms with Crippen molar-refractivity contribution in [3.63, 3.8) is 0 Å². The maximum atomic E-state index is 15.2. The molecule has 0 aliphatic carbocycles. The molecular weight excluding hydrogens is 627 g/mol. The third kappa shape index (κ3) is 7.01. The molecule has 7 rings (SSSR count). The summed E-state index contributed by atoms with van der Waals surface area (Å²) in [6.07, 6.45) is 8.55. The second-order valence-electron chi connectivity index (χ2n) is 12.9. The topological polar surface area (TPSA) is 129 Å². The molecule has 1 aliphatic heterocycles. The lowest BCUT2D eigenvalue weighted by molar-refractivity contribution is 0.316. The van der Waals surface area contributed by atoms with Gasteiger partial charge in [-0.2, -0.15) is 4.98 Å². The van der Waals surface area contributed by atoms with Gasteiger partial charge < -0.3 is 26.3 Å². The summed E-state index contributed by atoms with van der Waals surface area (Å²) >= 11 is 6.28. The van der Waals surface area contributed by atoms with Gasteiger partial charge in [0.25, 0.3) is 0 Å². The van der Waals surface area contributed by atoms with Crippen molar-refractivity contribution in [1.82, 2.24) is 29.8 Å². The van der Waals surface area contributed by atoms with Crippen LogP contribution in [0.5, 0.6) is 0 Å². The number of hydrogen-bond donors (Lipinski definition) is 5. The van der Waals surface area contributed by atoms with Gasteiger partial charge in [-0.05, 0) is 99.0 Å². The molecule has 1 aliphatic rings. The number of nitrogens with one attached hydrogen (secondary N) is 4. The largest absolute Gasteiger partial charge is 0.356 e. The molecular formula is C37H40ClFN8O. The molecule has 0 unspecified atom stereocenters. The molecule has 1 saturated heterocycles. The third-order valence-electron chi connectivity index (χ3n) is 9.24. The minimum absolute atomic E-state index is 0.0627. The number of aromatic amines is 2. The molecule has 0 spiro atoms. The fourth-order valence-electron chi connectivity index (χ4n) is 6.72. The first kappa shape index (κ1) is 32.1. The van der Waals surface area contributed by atoms with E-state index in [-0.39, 0.29) is 17.1 Å². The maximum absolute atomic E-state index is 15.2. The zero-order valence-electron chi connectivity index (χ0n) is 26.9. The van der Waals surface area contributed by atoms with Crippen LogP contribution in [0.1, 0.15) is 62.6 Å². The Morgan fingerprint density at radius 1 is 1.08 bits per heavy atom. The number of benzene rings is 3.